The van der Waals surface area contributed by atoms with Gasteiger partial charge in [0.25, 0.3) is 5.91 Å². The Morgan fingerprint density at radius 1 is 1.19 bits per heavy atom. The summed E-state index contributed by atoms with van der Waals surface area (Å²) in [6.45, 7) is 6.58. The number of amides is 2. The van der Waals surface area contributed by atoms with Gasteiger partial charge >= 0.3 is 6.09 Å². The second kappa shape index (κ2) is 7.82. The molecule has 0 saturated carbocycles. The maximum atomic E-state index is 12.7. The Bertz CT molecular complexity index is 787. The van der Waals surface area contributed by atoms with Crippen molar-refractivity contribution in [1.29, 1.82) is 0 Å². The van der Waals surface area contributed by atoms with Gasteiger partial charge in [0, 0.05) is 30.8 Å². The zero-order chi connectivity index (χ0) is 19.4. The normalized spacial score (nSPS) is 15.4. The largest absolute Gasteiger partial charge is 0.444 e. The fraction of sp³-hybridized carbons (Fsp3) is 0.450. The van der Waals surface area contributed by atoms with E-state index in [0.717, 1.165) is 5.56 Å². The van der Waals surface area contributed by atoms with Crippen LogP contribution in [0.3, 0.4) is 0 Å². The van der Waals surface area contributed by atoms with Crippen molar-refractivity contribution in [2.24, 2.45) is 0 Å². The number of nitrogens with one attached hydrogen (secondary N) is 1. The molecule has 2 heterocycles. The monoisotopic (exact) mass is 371 g/mol. The molecule has 0 unspecified atom stereocenters. The summed E-state index contributed by atoms with van der Waals surface area (Å²) in [6.07, 6.45) is 0.930. The highest BCUT2D eigenvalue weighted by Crippen LogP contribution is 2.21. The lowest BCUT2D eigenvalue weighted by molar-refractivity contribution is 0.0473. The predicted molar refractivity (Wildman–Crippen MR) is 100 cm³/mol. The minimum atomic E-state index is -0.524. The predicted octanol–water partition coefficient (Wildman–Crippen LogP) is 3.47. The molecular formula is C20H25N3O4. The van der Waals surface area contributed by atoms with Gasteiger partial charge in [-0.15, -0.1) is 0 Å². The molecule has 1 aliphatic heterocycles. The number of carbonyl (C=O) groups is 2. The molecule has 7 nitrogen and oxygen atoms in total. The number of nitrogens with zero attached hydrogens (tertiary/aromatic N) is 2. The van der Waals surface area contributed by atoms with Crippen molar-refractivity contribution < 1.29 is 18.8 Å². The quantitative estimate of drug-likeness (QED) is 0.893. The molecule has 7 heteroatoms. The fourth-order valence-electron chi connectivity index (χ4n) is 2.98. The van der Waals surface area contributed by atoms with E-state index in [1.165, 1.54) is 0 Å². The lowest BCUT2D eigenvalue weighted by Gasteiger charge is -2.32. The number of aromatic nitrogens is 1. The van der Waals surface area contributed by atoms with E-state index in [0.29, 0.717) is 37.4 Å². The number of ether oxygens (including phenoxy) is 1. The smallest absolute Gasteiger partial charge is 0.407 e. The average Bonchev–Trinajstić information content (AvgIpc) is 3.11. The van der Waals surface area contributed by atoms with Crippen LogP contribution in [0.4, 0.5) is 4.79 Å². The molecule has 1 aliphatic rings. The van der Waals surface area contributed by atoms with Gasteiger partial charge in [0.15, 0.2) is 11.5 Å². The van der Waals surface area contributed by atoms with E-state index in [9.17, 15) is 9.59 Å². The van der Waals surface area contributed by atoms with Gasteiger partial charge in [-0.05, 0) is 33.6 Å². The van der Waals surface area contributed by atoms with Crippen molar-refractivity contribution in [3.8, 4) is 11.3 Å². The number of hydrogen-bond acceptors (Lipinski definition) is 5. The Morgan fingerprint density at radius 2 is 1.85 bits per heavy atom. The SMILES string of the molecule is CC(C)(C)OC(=O)NC1CCN(C(=O)c2cc(-c3ccccc3)on2)CC1. The summed E-state index contributed by atoms with van der Waals surface area (Å²) in [5, 5.41) is 6.79. The van der Waals surface area contributed by atoms with Crippen LogP contribution in [0.2, 0.25) is 0 Å². The first-order valence-corrected chi connectivity index (χ1v) is 9.13. The highest BCUT2D eigenvalue weighted by molar-refractivity contribution is 5.93. The topological polar surface area (TPSA) is 84.7 Å². The fourth-order valence-corrected chi connectivity index (χ4v) is 2.98. The standard InChI is InChI=1S/C20H25N3O4/c1-20(2,3)26-19(25)21-15-9-11-23(12-10-15)18(24)16-13-17(27-22-16)14-7-5-4-6-8-14/h4-8,13,15H,9-12H2,1-3H3,(H,21,25). The molecule has 1 aromatic carbocycles. The Morgan fingerprint density at radius 3 is 2.48 bits per heavy atom. The Balaban J connectivity index is 1.53. The van der Waals surface area contributed by atoms with E-state index in [2.05, 4.69) is 10.5 Å². The number of rotatable bonds is 3. The molecule has 2 aromatic rings. The van der Waals surface area contributed by atoms with Crippen LogP contribution in [-0.4, -0.2) is 46.8 Å². The Kier molecular flexibility index (Phi) is 5.48. The zero-order valence-corrected chi connectivity index (χ0v) is 15.9. The van der Waals surface area contributed by atoms with Crippen molar-refractivity contribution in [3.05, 3.63) is 42.1 Å². The number of piperidine rings is 1. The van der Waals surface area contributed by atoms with Gasteiger partial charge in [0.2, 0.25) is 0 Å². The maximum absolute atomic E-state index is 12.7. The Labute approximate surface area is 158 Å². The first-order chi connectivity index (χ1) is 12.8. The minimum Gasteiger partial charge on any atom is -0.444 e. The molecule has 0 radical (unpaired) electrons. The van der Waals surface area contributed by atoms with E-state index in [1.807, 2.05) is 51.1 Å². The van der Waals surface area contributed by atoms with Gasteiger partial charge in [-0.2, -0.15) is 0 Å². The molecule has 1 saturated heterocycles. The third kappa shape index (κ3) is 5.09. The van der Waals surface area contributed by atoms with Gasteiger partial charge in [-0.1, -0.05) is 35.5 Å². The van der Waals surface area contributed by atoms with Gasteiger partial charge < -0.3 is 19.5 Å². The number of benzene rings is 1. The minimum absolute atomic E-state index is 0.00101. The second-order valence-corrected chi connectivity index (χ2v) is 7.66. The van der Waals surface area contributed by atoms with Crippen molar-refractivity contribution in [1.82, 2.24) is 15.4 Å². The molecule has 144 valence electrons. The highest BCUT2D eigenvalue weighted by atomic mass is 16.6. The summed E-state index contributed by atoms with van der Waals surface area (Å²) in [6, 6.07) is 11.2. The van der Waals surface area contributed by atoms with Crippen LogP contribution in [0, 0.1) is 0 Å². The van der Waals surface area contributed by atoms with Crippen LogP contribution in [0.1, 0.15) is 44.1 Å². The summed E-state index contributed by atoms with van der Waals surface area (Å²) >= 11 is 0. The van der Waals surface area contributed by atoms with E-state index >= 15 is 0 Å². The van der Waals surface area contributed by atoms with E-state index in [1.54, 1.807) is 11.0 Å². The third-order valence-electron chi connectivity index (χ3n) is 4.29. The zero-order valence-electron chi connectivity index (χ0n) is 15.9. The van der Waals surface area contributed by atoms with Crippen LogP contribution in [0.25, 0.3) is 11.3 Å². The van der Waals surface area contributed by atoms with Gasteiger partial charge in [0.05, 0.1) is 0 Å². The van der Waals surface area contributed by atoms with Crippen LogP contribution < -0.4 is 5.32 Å². The number of carbonyl (C=O) groups excluding carboxylic acids is 2. The van der Waals surface area contributed by atoms with E-state index in [-0.39, 0.29) is 11.9 Å². The van der Waals surface area contributed by atoms with Gasteiger partial charge in [0.1, 0.15) is 5.60 Å². The number of hydrogen-bond donors (Lipinski definition) is 1. The molecule has 1 aromatic heterocycles. The molecule has 0 aliphatic carbocycles. The number of likely N-dealkylation sites (tertiary alicyclic amines) is 1. The van der Waals surface area contributed by atoms with Crippen LogP contribution in [0.15, 0.2) is 40.9 Å². The van der Waals surface area contributed by atoms with Crippen molar-refractivity contribution >= 4 is 12.0 Å². The molecule has 0 spiro atoms. The van der Waals surface area contributed by atoms with Crippen LogP contribution >= 0.6 is 0 Å². The third-order valence-corrected chi connectivity index (χ3v) is 4.29. The molecule has 0 bridgehead atoms. The summed E-state index contributed by atoms with van der Waals surface area (Å²) in [5.41, 5.74) is 0.654. The van der Waals surface area contributed by atoms with Crippen LogP contribution in [-0.2, 0) is 4.74 Å². The van der Waals surface area contributed by atoms with Crippen molar-refractivity contribution in [3.63, 3.8) is 0 Å². The molecule has 1 N–H and O–H groups in total. The lowest BCUT2D eigenvalue weighted by atomic mass is 10.0. The van der Waals surface area contributed by atoms with Crippen molar-refractivity contribution in [2.45, 2.75) is 45.3 Å². The molecule has 0 atom stereocenters. The lowest BCUT2D eigenvalue weighted by Crippen LogP contribution is -2.47. The summed E-state index contributed by atoms with van der Waals surface area (Å²) in [7, 11) is 0. The van der Waals surface area contributed by atoms with Gasteiger partial charge in [-0.3, -0.25) is 4.79 Å². The van der Waals surface area contributed by atoms with E-state index < -0.39 is 11.7 Å². The first-order valence-electron chi connectivity index (χ1n) is 9.13. The number of alkyl carbamates (subject to hydrolysis) is 1. The first kappa shape index (κ1) is 18.9. The average molecular weight is 371 g/mol. The summed E-state index contributed by atoms with van der Waals surface area (Å²) in [5.74, 6) is 0.414. The molecule has 2 amide bonds. The van der Waals surface area contributed by atoms with Crippen LogP contribution in [0.5, 0.6) is 0 Å². The molecule has 3 rings (SSSR count). The Hall–Kier alpha value is -2.83. The van der Waals surface area contributed by atoms with E-state index in [4.69, 9.17) is 9.26 Å². The highest BCUT2D eigenvalue weighted by Gasteiger charge is 2.27. The molecule has 1 fully saturated rings. The van der Waals surface area contributed by atoms with Crippen molar-refractivity contribution in [2.75, 3.05) is 13.1 Å². The molecular weight excluding hydrogens is 346 g/mol. The summed E-state index contributed by atoms with van der Waals surface area (Å²) < 4.78 is 10.6. The summed E-state index contributed by atoms with van der Waals surface area (Å²) in [4.78, 5) is 26.3. The molecule has 27 heavy (non-hydrogen) atoms. The second-order valence-electron chi connectivity index (χ2n) is 7.66. The van der Waals surface area contributed by atoms with Gasteiger partial charge in [-0.25, -0.2) is 4.79 Å². The maximum Gasteiger partial charge on any atom is 0.407 e.